The van der Waals surface area contributed by atoms with Crippen LogP contribution in [0.4, 0.5) is 0 Å². The van der Waals surface area contributed by atoms with Gasteiger partial charge in [-0.1, -0.05) is 6.07 Å². The standard InChI is InChI=1S/C19H22N4O3S/c1-11-15-12(17(24)20-8-7-19(2,3)18(25)26)10-13(14-6-5-9-27-14)21-16(15)23(4)22-11/h5-6,9-10H,7-8H2,1-4H3,(H,20,24)(H,25,26). The van der Waals surface area contributed by atoms with Gasteiger partial charge in [-0.05, 0) is 44.7 Å². The van der Waals surface area contributed by atoms with Gasteiger partial charge < -0.3 is 10.4 Å². The molecule has 0 atom stereocenters. The molecular formula is C19H22N4O3S. The lowest BCUT2D eigenvalue weighted by molar-refractivity contribution is -0.147. The van der Waals surface area contributed by atoms with Gasteiger partial charge in [0.25, 0.3) is 5.91 Å². The minimum Gasteiger partial charge on any atom is -0.481 e. The molecule has 0 saturated heterocycles. The quantitative estimate of drug-likeness (QED) is 0.678. The molecule has 0 fully saturated rings. The molecule has 0 aromatic carbocycles. The van der Waals surface area contributed by atoms with E-state index in [0.29, 0.717) is 23.0 Å². The topological polar surface area (TPSA) is 97.1 Å². The molecule has 8 heteroatoms. The number of carbonyl (C=O) groups excluding carboxylic acids is 1. The van der Waals surface area contributed by atoms with Crippen molar-refractivity contribution in [2.75, 3.05) is 6.54 Å². The van der Waals surface area contributed by atoms with Gasteiger partial charge >= 0.3 is 5.97 Å². The van der Waals surface area contributed by atoms with E-state index in [1.165, 1.54) is 0 Å². The molecule has 0 unspecified atom stereocenters. The summed E-state index contributed by atoms with van der Waals surface area (Å²) in [7, 11) is 1.80. The number of aryl methyl sites for hydroxylation is 2. The summed E-state index contributed by atoms with van der Waals surface area (Å²) in [4.78, 5) is 29.8. The number of fused-ring (bicyclic) bond motifs is 1. The Morgan fingerprint density at radius 1 is 1.37 bits per heavy atom. The van der Waals surface area contributed by atoms with E-state index < -0.39 is 11.4 Å². The first-order valence-corrected chi connectivity index (χ1v) is 9.48. The van der Waals surface area contributed by atoms with Crippen LogP contribution in [0.1, 0.15) is 36.3 Å². The third kappa shape index (κ3) is 3.71. The number of carboxylic acid groups (broad SMARTS) is 1. The highest BCUT2D eigenvalue weighted by Crippen LogP contribution is 2.29. The number of rotatable bonds is 6. The minimum absolute atomic E-state index is 0.252. The Kier molecular flexibility index (Phi) is 5.01. The number of aromatic nitrogens is 3. The molecule has 0 aliphatic rings. The van der Waals surface area contributed by atoms with E-state index in [4.69, 9.17) is 0 Å². The number of hydrogen-bond acceptors (Lipinski definition) is 5. The zero-order chi connectivity index (χ0) is 19.8. The number of aliphatic carboxylic acids is 1. The van der Waals surface area contributed by atoms with Crippen molar-refractivity contribution in [1.82, 2.24) is 20.1 Å². The number of pyridine rings is 1. The number of carboxylic acids is 1. The van der Waals surface area contributed by atoms with Crippen LogP contribution in [-0.2, 0) is 11.8 Å². The van der Waals surface area contributed by atoms with E-state index in [1.54, 1.807) is 43.0 Å². The van der Waals surface area contributed by atoms with Crippen LogP contribution in [0.5, 0.6) is 0 Å². The molecule has 3 heterocycles. The molecule has 1 amide bonds. The number of thiophene rings is 1. The molecule has 3 rings (SSSR count). The van der Waals surface area contributed by atoms with Gasteiger partial charge in [-0.25, -0.2) is 4.98 Å². The Bertz CT molecular complexity index is 1010. The van der Waals surface area contributed by atoms with Crippen molar-refractivity contribution in [3.8, 4) is 10.6 Å². The maximum absolute atomic E-state index is 12.9. The molecule has 27 heavy (non-hydrogen) atoms. The van der Waals surface area contributed by atoms with Crippen molar-refractivity contribution in [2.45, 2.75) is 27.2 Å². The van der Waals surface area contributed by atoms with Crippen LogP contribution in [0.2, 0.25) is 0 Å². The monoisotopic (exact) mass is 386 g/mol. The van der Waals surface area contributed by atoms with Gasteiger partial charge in [0, 0.05) is 13.6 Å². The SMILES string of the molecule is Cc1nn(C)c2nc(-c3cccs3)cc(C(=O)NCCC(C)(C)C(=O)O)c12. The summed E-state index contributed by atoms with van der Waals surface area (Å²) in [6, 6.07) is 5.67. The zero-order valence-corrected chi connectivity index (χ0v) is 16.6. The molecule has 0 aliphatic carbocycles. The van der Waals surface area contributed by atoms with Crippen molar-refractivity contribution in [3.63, 3.8) is 0 Å². The summed E-state index contributed by atoms with van der Waals surface area (Å²) < 4.78 is 1.67. The first kappa shape index (κ1) is 19.0. The molecule has 3 aromatic heterocycles. The van der Waals surface area contributed by atoms with Gasteiger partial charge in [-0.3, -0.25) is 14.3 Å². The maximum Gasteiger partial charge on any atom is 0.309 e. The average Bonchev–Trinajstić information content (AvgIpc) is 3.23. The zero-order valence-electron chi connectivity index (χ0n) is 15.7. The second kappa shape index (κ2) is 7.11. The summed E-state index contributed by atoms with van der Waals surface area (Å²) in [5.41, 5.74) is 1.70. The van der Waals surface area contributed by atoms with Gasteiger partial charge in [0.05, 0.1) is 32.6 Å². The fourth-order valence-electron chi connectivity index (χ4n) is 2.87. The summed E-state index contributed by atoms with van der Waals surface area (Å²) >= 11 is 1.55. The molecule has 0 saturated carbocycles. The second-order valence-electron chi connectivity index (χ2n) is 7.13. The summed E-state index contributed by atoms with van der Waals surface area (Å²) in [6.45, 7) is 5.41. The highest BCUT2D eigenvalue weighted by molar-refractivity contribution is 7.13. The Morgan fingerprint density at radius 3 is 2.74 bits per heavy atom. The number of nitrogens with zero attached hydrogens (tertiary/aromatic N) is 3. The summed E-state index contributed by atoms with van der Waals surface area (Å²) in [5.74, 6) is -1.14. The predicted molar refractivity (Wildman–Crippen MR) is 105 cm³/mol. The number of nitrogens with one attached hydrogen (secondary N) is 1. The van der Waals surface area contributed by atoms with Crippen molar-refractivity contribution in [3.05, 3.63) is 34.8 Å². The Hall–Kier alpha value is -2.74. The molecular weight excluding hydrogens is 364 g/mol. The third-order valence-corrected chi connectivity index (χ3v) is 5.49. The first-order valence-electron chi connectivity index (χ1n) is 8.60. The van der Waals surface area contributed by atoms with Crippen LogP contribution in [0.3, 0.4) is 0 Å². The molecule has 7 nitrogen and oxygen atoms in total. The first-order chi connectivity index (χ1) is 12.7. The molecule has 0 radical (unpaired) electrons. The normalized spacial score (nSPS) is 11.7. The molecule has 3 aromatic rings. The van der Waals surface area contributed by atoms with Crippen molar-refractivity contribution >= 4 is 34.2 Å². The van der Waals surface area contributed by atoms with Crippen molar-refractivity contribution in [2.24, 2.45) is 12.5 Å². The van der Waals surface area contributed by atoms with Crippen molar-refractivity contribution in [1.29, 1.82) is 0 Å². The smallest absolute Gasteiger partial charge is 0.309 e. The van der Waals surface area contributed by atoms with E-state index in [-0.39, 0.29) is 12.5 Å². The second-order valence-corrected chi connectivity index (χ2v) is 8.08. The number of hydrogen-bond donors (Lipinski definition) is 2. The number of amides is 1. The average molecular weight is 386 g/mol. The lowest BCUT2D eigenvalue weighted by Crippen LogP contribution is -2.32. The maximum atomic E-state index is 12.9. The van der Waals surface area contributed by atoms with E-state index in [9.17, 15) is 14.7 Å². The highest BCUT2D eigenvalue weighted by atomic mass is 32.1. The van der Waals surface area contributed by atoms with Crippen LogP contribution in [0, 0.1) is 12.3 Å². The summed E-state index contributed by atoms with van der Waals surface area (Å²) in [6.07, 6.45) is 0.339. The predicted octanol–water partition coefficient (Wildman–Crippen LogP) is 3.24. The van der Waals surface area contributed by atoms with Crippen LogP contribution >= 0.6 is 11.3 Å². The largest absolute Gasteiger partial charge is 0.481 e. The van der Waals surface area contributed by atoms with Crippen LogP contribution < -0.4 is 5.32 Å². The van der Waals surface area contributed by atoms with Gasteiger partial charge in [0.1, 0.15) is 0 Å². The van der Waals surface area contributed by atoms with Gasteiger partial charge in [0.15, 0.2) is 5.65 Å². The molecule has 0 bridgehead atoms. The minimum atomic E-state index is -0.896. The van der Waals surface area contributed by atoms with E-state index in [1.807, 2.05) is 24.4 Å². The Morgan fingerprint density at radius 2 is 2.11 bits per heavy atom. The lowest BCUT2D eigenvalue weighted by Gasteiger charge is -2.19. The lowest BCUT2D eigenvalue weighted by atomic mass is 9.89. The van der Waals surface area contributed by atoms with Crippen LogP contribution in [0.15, 0.2) is 23.6 Å². The molecule has 0 spiro atoms. The van der Waals surface area contributed by atoms with E-state index in [2.05, 4.69) is 15.4 Å². The van der Waals surface area contributed by atoms with E-state index in [0.717, 1.165) is 16.3 Å². The Balaban J connectivity index is 1.95. The van der Waals surface area contributed by atoms with Gasteiger partial charge in [-0.15, -0.1) is 11.3 Å². The molecule has 142 valence electrons. The summed E-state index contributed by atoms with van der Waals surface area (Å²) in [5, 5.41) is 19.1. The van der Waals surface area contributed by atoms with Gasteiger partial charge in [0.2, 0.25) is 0 Å². The van der Waals surface area contributed by atoms with Crippen LogP contribution in [0.25, 0.3) is 21.6 Å². The fourth-order valence-corrected chi connectivity index (χ4v) is 3.55. The fraction of sp³-hybridized carbons (Fsp3) is 0.368. The van der Waals surface area contributed by atoms with Gasteiger partial charge in [-0.2, -0.15) is 5.10 Å². The Labute approximate surface area is 161 Å². The highest BCUT2D eigenvalue weighted by Gasteiger charge is 2.27. The molecule has 2 N–H and O–H groups in total. The molecule has 0 aliphatic heterocycles. The number of carbonyl (C=O) groups is 2. The third-order valence-electron chi connectivity index (χ3n) is 4.60. The van der Waals surface area contributed by atoms with Crippen LogP contribution in [-0.4, -0.2) is 38.3 Å². The van der Waals surface area contributed by atoms with E-state index >= 15 is 0 Å². The van der Waals surface area contributed by atoms with Crippen molar-refractivity contribution < 1.29 is 14.7 Å².